The third-order valence-electron chi connectivity index (χ3n) is 1.88. The lowest BCUT2D eigenvalue weighted by molar-refractivity contribution is -0.192. The molecule has 0 radical (unpaired) electrons. The molecule has 1 fully saturated rings. The first-order valence-corrected chi connectivity index (χ1v) is 4.45. The summed E-state index contributed by atoms with van der Waals surface area (Å²) in [7, 11) is 0. The maximum absolute atomic E-state index is 11.3. The second-order valence-electron chi connectivity index (χ2n) is 3.01. The maximum atomic E-state index is 11.3. The molecule has 0 aliphatic carbocycles. The van der Waals surface area contributed by atoms with E-state index < -0.39 is 0 Å². The number of nitrogens with one attached hydrogen (secondary N) is 1. The molecule has 0 aromatic heterocycles. The minimum absolute atomic E-state index is 0.0441. The quantitative estimate of drug-likeness (QED) is 0.600. The molecular formula is C8H16N2O3. The summed E-state index contributed by atoms with van der Waals surface area (Å²) in [5, 5.41) is 2.69. The monoisotopic (exact) mass is 188 g/mol. The molecule has 1 amide bonds. The highest BCUT2D eigenvalue weighted by atomic mass is 16.7. The Balaban J connectivity index is 2.23. The first-order chi connectivity index (χ1) is 6.24. The molecule has 13 heavy (non-hydrogen) atoms. The number of nitrogens with two attached hydrogens (primary N) is 1. The van der Waals surface area contributed by atoms with E-state index in [4.69, 9.17) is 15.2 Å². The number of carbonyl (C=O) groups excluding carboxylic acids is 1. The molecule has 0 aromatic carbocycles. The normalized spacial score (nSPS) is 28.5. The van der Waals surface area contributed by atoms with Crippen LogP contribution in [0.15, 0.2) is 0 Å². The molecular weight excluding hydrogens is 172 g/mol. The molecule has 0 saturated carbocycles. The van der Waals surface area contributed by atoms with E-state index in [-0.39, 0.29) is 18.1 Å². The molecule has 0 bridgehead atoms. The summed E-state index contributed by atoms with van der Waals surface area (Å²) < 4.78 is 10.4. The van der Waals surface area contributed by atoms with Gasteiger partial charge in [-0.25, -0.2) is 0 Å². The maximum Gasteiger partial charge on any atom is 0.227 e. The molecule has 0 unspecified atom stereocenters. The molecule has 0 aromatic rings. The number of ether oxygens (including phenoxy) is 2. The first kappa shape index (κ1) is 10.4. The predicted molar refractivity (Wildman–Crippen MR) is 46.9 cm³/mol. The van der Waals surface area contributed by atoms with Gasteiger partial charge in [-0.15, -0.1) is 0 Å². The average molecular weight is 188 g/mol. The topological polar surface area (TPSA) is 73.6 Å². The Morgan fingerprint density at radius 2 is 2.15 bits per heavy atom. The van der Waals surface area contributed by atoms with Crippen LogP contribution in [-0.4, -0.2) is 38.5 Å². The fraction of sp³-hybridized carbons (Fsp3) is 0.875. The largest absolute Gasteiger partial charge is 0.354 e. The highest BCUT2D eigenvalue weighted by Crippen LogP contribution is 2.10. The van der Waals surface area contributed by atoms with Gasteiger partial charge in [0.25, 0.3) is 0 Å². The summed E-state index contributed by atoms with van der Waals surface area (Å²) in [6, 6.07) is 0. The van der Waals surface area contributed by atoms with Crippen molar-refractivity contribution < 1.29 is 14.3 Å². The lowest BCUT2D eigenvalue weighted by atomic mass is 10.1. The highest BCUT2D eigenvalue weighted by Gasteiger charge is 2.24. The van der Waals surface area contributed by atoms with Crippen LogP contribution in [0.2, 0.25) is 0 Å². The second kappa shape index (κ2) is 5.16. The Morgan fingerprint density at radius 1 is 1.54 bits per heavy atom. The van der Waals surface area contributed by atoms with Crippen molar-refractivity contribution >= 4 is 5.91 Å². The Bertz CT molecular complexity index is 167. The molecule has 1 rings (SSSR count). The smallest absolute Gasteiger partial charge is 0.227 e. The van der Waals surface area contributed by atoms with Gasteiger partial charge >= 0.3 is 0 Å². The fourth-order valence-corrected chi connectivity index (χ4v) is 1.09. The fourth-order valence-electron chi connectivity index (χ4n) is 1.09. The molecule has 76 valence electrons. The van der Waals surface area contributed by atoms with E-state index >= 15 is 0 Å². The van der Waals surface area contributed by atoms with Crippen LogP contribution < -0.4 is 11.1 Å². The van der Waals surface area contributed by atoms with Crippen LogP contribution in [0.3, 0.4) is 0 Å². The molecule has 5 nitrogen and oxygen atoms in total. The molecule has 5 heteroatoms. The summed E-state index contributed by atoms with van der Waals surface area (Å²) in [5.74, 6) is -0.236. The minimum Gasteiger partial charge on any atom is -0.354 e. The second-order valence-corrected chi connectivity index (χ2v) is 3.01. The first-order valence-electron chi connectivity index (χ1n) is 4.45. The van der Waals surface area contributed by atoms with E-state index in [0.717, 1.165) is 0 Å². The molecule has 1 aliphatic rings. The average Bonchev–Trinajstić information content (AvgIpc) is 2.15. The molecule has 1 saturated heterocycles. The van der Waals surface area contributed by atoms with Gasteiger partial charge in [0.15, 0.2) is 6.29 Å². The van der Waals surface area contributed by atoms with Gasteiger partial charge in [0.2, 0.25) is 5.91 Å². The van der Waals surface area contributed by atoms with Crippen molar-refractivity contribution in [3.8, 4) is 0 Å². The number of hydrogen-bond acceptors (Lipinski definition) is 4. The minimum atomic E-state index is -0.196. The number of carbonyl (C=O) groups is 1. The Hall–Kier alpha value is -0.650. The van der Waals surface area contributed by atoms with Crippen LogP contribution in [-0.2, 0) is 14.3 Å². The van der Waals surface area contributed by atoms with Gasteiger partial charge in [-0.3, -0.25) is 4.79 Å². The predicted octanol–water partition coefficient (Wildman–Crippen LogP) is -0.930. The standard InChI is InChI=1S/C8H16N2O3/c1-6-12-4-7(5-13-6)8(11)10-3-2-9/h6-7H,2-5,9H2,1H3,(H,10,11). The van der Waals surface area contributed by atoms with Crippen LogP contribution in [0, 0.1) is 5.92 Å². The molecule has 0 spiro atoms. The van der Waals surface area contributed by atoms with E-state index in [0.29, 0.717) is 26.3 Å². The highest BCUT2D eigenvalue weighted by molar-refractivity contribution is 5.78. The summed E-state index contributed by atoms with van der Waals surface area (Å²) in [6.07, 6.45) is -0.196. The molecule has 0 atom stereocenters. The summed E-state index contributed by atoms with van der Waals surface area (Å²) >= 11 is 0. The summed E-state index contributed by atoms with van der Waals surface area (Å²) in [6.45, 7) is 3.63. The van der Waals surface area contributed by atoms with Gasteiger partial charge in [0.1, 0.15) is 0 Å². The van der Waals surface area contributed by atoms with Gasteiger partial charge in [-0.1, -0.05) is 0 Å². The Morgan fingerprint density at radius 3 is 2.69 bits per heavy atom. The molecule has 1 aliphatic heterocycles. The van der Waals surface area contributed by atoms with Crippen LogP contribution >= 0.6 is 0 Å². The lowest BCUT2D eigenvalue weighted by Gasteiger charge is -2.26. The van der Waals surface area contributed by atoms with Crippen molar-refractivity contribution in [2.24, 2.45) is 11.7 Å². The van der Waals surface area contributed by atoms with E-state index in [9.17, 15) is 4.79 Å². The van der Waals surface area contributed by atoms with Crippen molar-refractivity contribution in [2.75, 3.05) is 26.3 Å². The third kappa shape index (κ3) is 3.30. The van der Waals surface area contributed by atoms with Crippen LogP contribution in [0.1, 0.15) is 6.92 Å². The van der Waals surface area contributed by atoms with Crippen LogP contribution in [0.25, 0.3) is 0 Å². The van der Waals surface area contributed by atoms with Crippen LogP contribution in [0.4, 0.5) is 0 Å². The zero-order chi connectivity index (χ0) is 9.68. The summed E-state index contributed by atoms with van der Waals surface area (Å²) in [5.41, 5.74) is 5.25. The van der Waals surface area contributed by atoms with Crippen LogP contribution in [0.5, 0.6) is 0 Å². The molecule has 3 N–H and O–H groups in total. The van der Waals surface area contributed by atoms with E-state index in [2.05, 4.69) is 5.32 Å². The van der Waals surface area contributed by atoms with Crippen molar-refractivity contribution in [1.29, 1.82) is 0 Å². The van der Waals surface area contributed by atoms with Gasteiger partial charge in [0, 0.05) is 13.1 Å². The van der Waals surface area contributed by atoms with Crippen molar-refractivity contribution in [3.05, 3.63) is 0 Å². The zero-order valence-corrected chi connectivity index (χ0v) is 7.79. The van der Waals surface area contributed by atoms with Gasteiger partial charge in [-0.2, -0.15) is 0 Å². The number of hydrogen-bond donors (Lipinski definition) is 2. The lowest BCUT2D eigenvalue weighted by Crippen LogP contribution is -2.42. The SMILES string of the molecule is CC1OCC(C(=O)NCCN)CO1. The van der Waals surface area contributed by atoms with Crippen molar-refractivity contribution in [3.63, 3.8) is 0 Å². The van der Waals surface area contributed by atoms with Gasteiger partial charge < -0.3 is 20.5 Å². The van der Waals surface area contributed by atoms with E-state index in [1.165, 1.54) is 0 Å². The number of amides is 1. The molecule has 1 heterocycles. The zero-order valence-electron chi connectivity index (χ0n) is 7.79. The van der Waals surface area contributed by atoms with Gasteiger partial charge in [0.05, 0.1) is 19.1 Å². The van der Waals surface area contributed by atoms with Gasteiger partial charge in [-0.05, 0) is 6.92 Å². The Labute approximate surface area is 77.6 Å². The van der Waals surface area contributed by atoms with E-state index in [1.54, 1.807) is 0 Å². The van der Waals surface area contributed by atoms with E-state index in [1.807, 2.05) is 6.92 Å². The number of rotatable bonds is 3. The van der Waals surface area contributed by atoms with Crippen molar-refractivity contribution in [2.45, 2.75) is 13.2 Å². The van der Waals surface area contributed by atoms with Crippen molar-refractivity contribution in [1.82, 2.24) is 5.32 Å². The Kier molecular flexibility index (Phi) is 4.14. The third-order valence-corrected chi connectivity index (χ3v) is 1.88. The summed E-state index contributed by atoms with van der Waals surface area (Å²) in [4.78, 5) is 11.3.